The SMILES string of the molecule is CCCCCCC(=O)C(Cl)=NNc1c(C)cc(Cl)cc1Cl. The van der Waals surface area contributed by atoms with Gasteiger partial charge in [-0.1, -0.05) is 61.0 Å². The first-order chi connectivity index (χ1) is 9.95. The minimum atomic E-state index is -0.164. The van der Waals surface area contributed by atoms with Gasteiger partial charge in [0.15, 0.2) is 11.0 Å². The summed E-state index contributed by atoms with van der Waals surface area (Å²) in [7, 11) is 0. The van der Waals surface area contributed by atoms with Crippen LogP contribution in [0.5, 0.6) is 0 Å². The van der Waals surface area contributed by atoms with E-state index in [1.807, 2.05) is 6.92 Å². The molecule has 0 fully saturated rings. The van der Waals surface area contributed by atoms with Gasteiger partial charge in [0.2, 0.25) is 0 Å². The molecule has 0 unspecified atom stereocenters. The number of hydrazone groups is 1. The van der Waals surface area contributed by atoms with E-state index in [9.17, 15) is 4.79 Å². The number of carbonyl (C=O) groups is 1. The summed E-state index contributed by atoms with van der Waals surface area (Å²) < 4.78 is 0. The molecule has 0 bridgehead atoms. The number of nitrogens with one attached hydrogen (secondary N) is 1. The van der Waals surface area contributed by atoms with Crippen LogP contribution in [0.15, 0.2) is 17.2 Å². The van der Waals surface area contributed by atoms with Crippen molar-refractivity contribution < 1.29 is 4.79 Å². The number of Topliss-reactive ketones (excluding diaryl/α,β-unsaturated/α-hetero) is 1. The maximum absolute atomic E-state index is 11.8. The predicted octanol–water partition coefficient (Wildman–Crippen LogP) is 5.81. The van der Waals surface area contributed by atoms with Crippen LogP contribution in [-0.4, -0.2) is 11.0 Å². The molecule has 0 radical (unpaired) electrons. The summed E-state index contributed by atoms with van der Waals surface area (Å²) in [5.74, 6) is -0.164. The standard InChI is InChI=1S/C15H19Cl3N2O/c1-3-4-5-6-7-13(21)15(18)20-19-14-10(2)8-11(16)9-12(14)17/h8-9,19H,3-7H2,1-2H3. The third-order valence-electron chi connectivity index (χ3n) is 3.01. The number of benzene rings is 1. The molecule has 0 saturated carbocycles. The van der Waals surface area contributed by atoms with Crippen LogP contribution in [0.25, 0.3) is 0 Å². The molecule has 21 heavy (non-hydrogen) atoms. The fourth-order valence-electron chi connectivity index (χ4n) is 1.83. The lowest BCUT2D eigenvalue weighted by atomic mass is 10.1. The van der Waals surface area contributed by atoms with Crippen LogP contribution < -0.4 is 5.43 Å². The minimum absolute atomic E-state index is 0.0584. The first-order valence-corrected chi connectivity index (χ1v) is 8.07. The summed E-state index contributed by atoms with van der Waals surface area (Å²) >= 11 is 17.9. The van der Waals surface area contributed by atoms with Crippen molar-refractivity contribution in [2.75, 3.05) is 5.43 Å². The summed E-state index contributed by atoms with van der Waals surface area (Å²) in [4.78, 5) is 11.8. The monoisotopic (exact) mass is 348 g/mol. The highest BCUT2D eigenvalue weighted by atomic mass is 35.5. The van der Waals surface area contributed by atoms with E-state index >= 15 is 0 Å². The Kier molecular flexibility index (Phi) is 8.09. The lowest BCUT2D eigenvalue weighted by molar-refractivity contribution is -0.112. The molecule has 1 N–H and O–H groups in total. The van der Waals surface area contributed by atoms with Gasteiger partial charge in [0.05, 0.1) is 10.7 Å². The third-order valence-corrected chi connectivity index (χ3v) is 3.82. The summed E-state index contributed by atoms with van der Waals surface area (Å²) in [5.41, 5.74) is 4.16. The molecule has 0 aliphatic carbocycles. The van der Waals surface area contributed by atoms with E-state index < -0.39 is 0 Å². The molecule has 0 atom stereocenters. The lowest BCUT2D eigenvalue weighted by Crippen LogP contribution is -2.09. The van der Waals surface area contributed by atoms with Crippen LogP contribution in [0.3, 0.4) is 0 Å². The molecule has 3 nitrogen and oxygen atoms in total. The molecule has 116 valence electrons. The second kappa shape index (κ2) is 9.29. The Balaban J connectivity index is 2.61. The zero-order valence-electron chi connectivity index (χ0n) is 12.2. The number of aryl methyl sites for hydroxylation is 1. The summed E-state index contributed by atoms with van der Waals surface area (Å²) in [6.45, 7) is 3.97. The van der Waals surface area contributed by atoms with Crippen LogP contribution in [-0.2, 0) is 4.79 Å². The maximum atomic E-state index is 11.8. The molecule has 1 aromatic carbocycles. The van der Waals surface area contributed by atoms with Crippen molar-refractivity contribution in [2.24, 2.45) is 5.10 Å². The highest BCUT2D eigenvalue weighted by molar-refractivity contribution is 6.83. The van der Waals surface area contributed by atoms with Gasteiger partial charge < -0.3 is 0 Å². The van der Waals surface area contributed by atoms with Crippen molar-refractivity contribution in [3.8, 4) is 0 Å². The molecule has 0 aromatic heterocycles. The van der Waals surface area contributed by atoms with E-state index in [2.05, 4.69) is 17.5 Å². The van der Waals surface area contributed by atoms with Gasteiger partial charge in [0, 0.05) is 11.4 Å². The first-order valence-electron chi connectivity index (χ1n) is 6.93. The van der Waals surface area contributed by atoms with Gasteiger partial charge in [0.25, 0.3) is 0 Å². The molecule has 0 heterocycles. The van der Waals surface area contributed by atoms with Gasteiger partial charge in [-0.3, -0.25) is 10.2 Å². The smallest absolute Gasteiger partial charge is 0.194 e. The van der Waals surface area contributed by atoms with Crippen molar-refractivity contribution in [1.82, 2.24) is 0 Å². The summed E-state index contributed by atoms with van der Waals surface area (Å²) in [5, 5.41) is 4.82. The van der Waals surface area contributed by atoms with Gasteiger partial charge in [0.1, 0.15) is 0 Å². The third kappa shape index (κ3) is 6.25. The number of carbonyl (C=O) groups excluding carboxylic acids is 1. The van der Waals surface area contributed by atoms with Crippen molar-refractivity contribution in [3.05, 3.63) is 27.7 Å². The second-order valence-corrected chi connectivity index (χ2v) is 6.03. The molecule has 1 rings (SSSR count). The second-order valence-electron chi connectivity index (χ2n) is 4.83. The summed E-state index contributed by atoms with van der Waals surface area (Å²) in [6.07, 6.45) is 4.53. The largest absolute Gasteiger partial charge is 0.291 e. The number of nitrogens with zero attached hydrogens (tertiary/aromatic N) is 1. The van der Waals surface area contributed by atoms with Gasteiger partial charge in [-0.15, -0.1) is 0 Å². The Bertz CT molecular complexity index is 507. The number of unbranched alkanes of at least 4 members (excludes halogenated alkanes) is 3. The quantitative estimate of drug-likeness (QED) is 0.366. The van der Waals surface area contributed by atoms with Crippen molar-refractivity contribution >= 4 is 51.4 Å². The van der Waals surface area contributed by atoms with Gasteiger partial charge >= 0.3 is 0 Å². The Morgan fingerprint density at radius 3 is 2.57 bits per heavy atom. The van der Waals surface area contributed by atoms with Crippen molar-refractivity contribution in [1.29, 1.82) is 0 Å². The van der Waals surface area contributed by atoms with Gasteiger partial charge in [-0.2, -0.15) is 5.10 Å². The van der Waals surface area contributed by atoms with Crippen LogP contribution in [0.4, 0.5) is 5.69 Å². The highest BCUT2D eigenvalue weighted by Gasteiger charge is 2.10. The maximum Gasteiger partial charge on any atom is 0.194 e. The first kappa shape index (κ1) is 18.3. The van der Waals surface area contributed by atoms with Crippen LogP contribution in [0.1, 0.15) is 44.6 Å². The molecule has 0 spiro atoms. The highest BCUT2D eigenvalue weighted by Crippen LogP contribution is 2.29. The molecule has 6 heteroatoms. The molecule has 0 aliphatic rings. The van der Waals surface area contributed by atoms with Crippen molar-refractivity contribution in [3.63, 3.8) is 0 Å². The Morgan fingerprint density at radius 1 is 1.24 bits per heavy atom. The summed E-state index contributed by atoms with van der Waals surface area (Å²) in [6, 6.07) is 3.36. The average molecular weight is 350 g/mol. The van der Waals surface area contributed by atoms with E-state index in [1.165, 1.54) is 0 Å². The number of hydrogen-bond donors (Lipinski definition) is 1. The molecular formula is C15H19Cl3N2O. The van der Waals surface area contributed by atoms with Crippen LogP contribution >= 0.6 is 34.8 Å². The zero-order valence-corrected chi connectivity index (χ0v) is 14.4. The fraction of sp³-hybridized carbons (Fsp3) is 0.467. The fourth-order valence-corrected chi connectivity index (χ4v) is 2.60. The average Bonchev–Trinajstić information content (AvgIpc) is 2.41. The van der Waals surface area contributed by atoms with E-state index in [-0.39, 0.29) is 11.0 Å². The molecule has 0 aliphatic heterocycles. The predicted molar refractivity (Wildman–Crippen MR) is 91.9 cm³/mol. The number of hydrogen-bond acceptors (Lipinski definition) is 3. The normalized spacial score (nSPS) is 11.6. The van der Waals surface area contributed by atoms with Gasteiger partial charge in [-0.25, -0.2) is 0 Å². The Morgan fingerprint density at radius 2 is 1.95 bits per heavy atom. The Hall–Kier alpha value is -0.770. The number of rotatable bonds is 8. The van der Waals surface area contributed by atoms with Gasteiger partial charge in [-0.05, 0) is 31.0 Å². The zero-order chi connectivity index (χ0) is 15.8. The molecule has 0 amide bonds. The molecule has 1 aromatic rings. The topological polar surface area (TPSA) is 41.5 Å². The Labute approximate surface area is 140 Å². The van der Waals surface area contributed by atoms with E-state index in [4.69, 9.17) is 34.8 Å². The number of ketones is 1. The molecular weight excluding hydrogens is 331 g/mol. The number of halogens is 3. The lowest BCUT2D eigenvalue weighted by Gasteiger charge is -2.08. The number of anilines is 1. The van der Waals surface area contributed by atoms with E-state index in [0.717, 1.165) is 31.2 Å². The van der Waals surface area contributed by atoms with E-state index in [1.54, 1.807) is 12.1 Å². The minimum Gasteiger partial charge on any atom is -0.291 e. The van der Waals surface area contributed by atoms with Crippen LogP contribution in [0.2, 0.25) is 10.0 Å². The van der Waals surface area contributed by atoms with Crippen molar-refractivity contribution in [2.45, 2.75) is 46.0 Å². The van der Waals surface area contributed by atoms with Crippen LogP contribution in [0, 0.1) is 6.92 Å². The van der Waals surface area contributed by atoms with E-state index in [0.29, 0.717) is 22.2 Å². The molecule has 0 saturated heterocycles.